The summed E-state index contributed by atoms with van der Waals surface area (Å²) in [6.07, 6.45) is 1.10. The molecule has 1 aromatic rings. The van der Waals surface area contributed by atoms with Crippen molar-refractivity contribution < 1.29 is 4.74 Å². The number of rotatable bonds is 0. The Labute approximate surface area is 72.6 Å². The van der Waals surface area contributed by atoms with Crippen molar-refractivity contribution in [3.8, 4) is 5.88 Å². The van der Waals surface area contributed by atoms with Crippen LogP contribution in [0, 0.1) is 12.8 Å². The first-order valence-electron chi connectivity index (χ1n) is 4.35. The van der Waals surface area contributed by atoms with Crippen molar-refractivity contribution in [3.05, 3.63) is 23.4 Å². The van der Waals surface area contributed by atoms with Gasteiger partial charge in [0.15, 0.2) is 0 Å². The maximum atomic E-state index is 5.51. The Morgan fingerprint density at radius 2 is 2.33 bits per heavy atom. The van der Waals surface area contributed by atoms with Crippen LogP contribution in [-0.4, -0.2) is 11.6 Å². The van der Waals surface area contributed by atoms with E-state index in [1.165, 1.54) is 5.56 Å². The summed E-state index contributed by atoms with van der Waals surface area (Å²) in [4.78, 5) is 4.33. The van der Waals surface area contributed by atoms with Crippen LogP contribution in [0.5, 0.6) is 5.88 Å². The highest BCUT2D eigenvalue weighted by Gasteiger charge is 2.16. The Morgan fingerprint density at radius 1 is 1.50 bits per heavy atom. The maximum absolute atomic E-state index is 5.51. The first-order valence-corrected chi connectivity index (χ1v) is 4.35. The minimum atomic E-state index is 0.627. The van der Waals surface area contributed by atoms with Crippen LogP contribution in [-0.2, 0) is 6.42 Å². The molecule has 1 aliphatic heterocycles. The predicted molar refractivity (Wildman–Crippen MR) is 47.3 cm³/mol. The van der Waals surface area contributed by atoms with E-state index in [0.717, 1.165) is 24.6 Å². The molecule has 0 fully saturated rings. The van der Waals surface area contributed by atoms with E-state index in [9.17, 15) is 0 Å². The molecule has 0 N–H and O–H groups in total. The normalized spacial score (nSPS) is 21.3. The highest BCUT2D eigenvalue weighted by molar-refractivity contribution is 5.29. The van der Waals surface area contributed by atoms with Crippen molar-refractivity contribution in [2.24, 2.45) is 5.92 Å². The van der Waals surface area contributed by atoms with E-state index in [0.29, 0.717) is 5.92 Å². The predicted octanol–water partition coefficient (Wildman–Crippen LogP) is 1.96. The number of pyridine rings is 1. The van der Waals surface area contributed by atoms with Gasteiger partial charge in [-0.25, -0.2) is 4.98 Å². The first-order chi connectivity index (χ1) is 5.75. The fourth-order valence-corrected chi connectivity index (χ4v) is 1.50. The summed E-state index contributed by atoms with van der Waals surface area (Å²) in [5.41, 5.74) is 2.28. The molecular weight excluding hydrogens is 150 g/mol. The van der Waals surface area contributed by atoms with Crippen LogP contribution in [0.2, 0.25) is 0 Å². The van der Waals surface area contributed by atoms with Crippen LogP contribution in [0.25, 0.3) is 0 Å². The van der Waals surface area contributed by atoms with Gasteiger partial charge in [-0.05, 0) is 25.3 Å². The van der Waals surface area contributed by atoms with Gasteiger partial charge in [-0.15, -0.1) is 0 Å². The van der Waals surface area contributed by atoms with Gasteiger partial charge in [0.2, 0.25) is 5.88 Å². The van der Waals surface area contributed by atoms with Crippen LogP contribution in [0.3, 0.4) is 0 Å². The van der Waals surface area contributed by atoms with Crippen molar-refractivity contribution in [2.75, 3.05) is 6.61 Å². The third-order valence-electron chi connectivity index (χ3n) is 2.15. The first kappa shape index (κ1) is 7.59. The number of ether oxygens (including phenoxy) is 1. The van der Waals surface area contributed by atoms with Crippen molar-refractivity contribution in [1.82, 2.24) is 4.98 Å². The second-order valence-electron chi connectivity index (χ2n) is 3.54. The Morgan fingerprint density at radius 3 is 3.17 bits per heavy atom. The van der Waals surface area contributed by atoms with Gasteiger partial charge in [0, 0.05) is 11.3 Å². The molecule has 12 heavy (non-hydrogen) atoms. The molecule has 1 aromatic heterocycles. The molecule has 0 aliphatic carbocycles. The fourth-order valence-electron chi connectivity index (χ4n) is 1.50. The monoisotopic (exact) mass is 163 g/mol. The van der Waals surface area contributed by atoms with Crippen LogP contribution < -0.4 is 4.74 Å². The smallest absolute Gasteiger partial charge is 0.216 e. The van der Waals surface area contributed by atoms with Gasteiger partial charge in [-0.3, -0.25) is 0 Å². The third kappa shape index (κ3) is 1.29. The lowest BCUT2D eigenvalue weighted by molar-refractivity contribution is 0.224. The number of hydrogen-bond donors (Lipinski definition) is 0. The number of nitrogens with zero attached hydrogens (tertiary/aromatic N) is 1. The third-order valence-corrected chi connectivity index (χ3v) is 2.15. The van der Waals surface area contributed by atoms with Crippen molar-refractivity contribution in [1.29, 1.82) is 0 Å². The summed E-state index contributed by atoms with van der Waals surface area (Å²) < 4.78 is 5.51. The van der Waals surface area contributed by atoms with Crippen molar-refractivity contribution >= 4 is 0 Å². The lowest BCUT2D eigenvalue weighted by atomic mass is 10.0. The van der Waals surface area contributed by atoms with Crippen molar-refractivity contribution in [3.63, 3.8) is 0 Å². The van der Waals surface area contributed by atoms with Gasteiger partial charge in [0.1, 0.15) is 0 Å². The molecule has 2 heterocycles. The zero-order valence-corrected chi connectivity index (χ0v) is 7.50. The highest BCUT2D eigenvalue weighted by atomic mass is 16.5. The molecule has 0 saturated carbocycles. The van der Waals surface area contributed by atoms with Gasteiger partial charge < -0.3 is 4.74 Å². The minimum Gasteiger partial charge on any atom is -0.477 e. The summed E-state index contributed by atoms with van der Waals surface area (Å²) >= 11 is 0. The van der Waals surface area contributed by atoms with Crippen LogP contribution in [0.4, 0.5) is 0 Å². The molecule has 2 nitrogen and oxygen atoms in total. The average Bonchev–Trinajstić information content (AvgIpc) is 2.05. The summed E-state index contributed by atoms with van der Waals surface area (Å²) in [6.45, 7) is 4.99. The number of hydrogen-bond acceptors (Lipinski definition) is 2. The molecule has 0 saturated heterocycles. The van der Waals surface area contributed by atoms with Gasteiger partial charge in [0.05, 0.1) is 6.61 Å². The Kier molecular flexibility index (Phi) is 1.75. The zero-order chi connectivity index (χ0) is 8.55. The van der Waals surface area contributed by atoms with E-state index in [2.05, 4.69) is 18.0 Å². The Balaban J connectivity index is 2.37. The summed E-state index contributed by atoms with van der Waals surface area (Å²) in [7, 11) is 0. The standard InChI is InChI=1S/C10H13NO/c1-7-5-9-4-3-8(2)11-10(9)12-6-7/h3-4,7H,5-6H2,1-2H3. The summed E-state index contributed by atoms with van der Waals surface area (Å²) in [5.74, 6) is 1.47. The molecule has 1 atom stereocenters. The average molecular weight is 163 g/mol. The van der Waals surface area contributed by atoms with Gasteiger partial charge in [0.25, 0.3) is 0 Å². The molecular formula is C10H13NO. The van der Waals surface area contributed by atoms with E-state index in [1.807, 2.05) is 13.0 Å². The second kappa shape index (κ2) is 2.77. The molecule has 0 spiro atoms. The lowest BCUT2D eigenvalue weighted by Crippen LogP contribution is -2.19. The maximum Gasteiger partial charge on any atom is 0.216 e. The topological polar surface area (TPSA) is 22.1 Å². The molecule has 64 valence electrons. The lowest BCUT2D eigenvalue weighted by Gasteiger charge is -2.21. The van der Waals surface area contributed by atoms with E-state index in [-0.39, 0.29) is 0 Å². The zero-order valence-electron chi connectivity index (χ0n) is 7.50. The van der Waals surface area contributed by atoms with E-state index < -0.39 is 0 Å². The number of fused-ring (bicyclic) bond motifs is 1. The van der Waals surface area contributed by atoms with Crippen molar-refractivity contribution in [2.45, 2.75) is 20.3 Å². The molecule has 1 unspecified atom stereocenters. The van der Waals surface area contributed by atoms with Gasteiger partial charge >= 0.3 is 0 Å². The summed E-state index contributed by atoms with van der Waals surface area (Å²) in [5, 5.41) is 0. The molecule has 0 aromatic carbocycles. The van der Waals surface area contributed by atoms with Gasteiger partial charge in [-0.2, -0.15) is 0 Å². The number of aromatic nitrogens is 1. The number of aryl methyl sites for hydroxylation is 1. The molecule has 1 aliphatic rings. The van der Waals surface area contributed by atoms with Crippen LogP contribution in [0.15, 0.2) is 12.1 Å². The SMILES string of the molecule is Cc1ccc2c(n1)OCC(C)C2. The van der Waals surface area contributed by atoms with Crippen LogP contribution >= 0.6 is 0 Å². The van der Waals surface area contributed by atoms with E-state index in [4.69, 9.17) is 4.74 Å². The Hall–Kier alpha value is -1.05. The summed E-state index contributed by atoms with van der Waals surface area (Å²) in [6, 6.07) is 4.16. The largest absolute Gasteiger partial charge is 0.477 e. The molecule has 0 amide bonds. The molecule has 0 bridgehead atoms. The molecule has 0 radical (unpaired) electrons. The molecule has 2 rings (SSSR count). The Bertz CT molecular complexity index is 296. The van der Waals surface area contributed by atoms with Crippen LogP contribution in [0.1, 0.15) is 18.2 Å². The van der Waals surface area contributed by atoms with E-state index >= 15 is 0 Å². The second-order valence-corrected chi connectivity index (χ2v) is 3.54. The van der Waals surface area contributed by atoms with E-state index in [1.54, 1.807) is 0 Å². The minimum absolute atomic E-state index is 0.627. The fraction of sp³-hybridized carbons (Fsp3) is 0.500. The molecule has 2 heteroatoms. The van der Waals surface area contributed by atoms with Gasteiger partial charge in [-0.1, -0.05) is 13.0 Å². The quantitative estimate of drug-likeness (QED) is 0.583. The highest BCUT2D eigenvalue weighted by Crippen LogP contribution is 2.24.